The van der Waals surface area contributed by atoms with Crippen LogP contribution >= 0.6 is 0 Å². The number of carbonyl (C=O) groups excluding carboxylic acids is 1. The lowest BCUT2D eigenvalue weighted by molar-refractivity contribution is -0.116. The van der Waals surface area contributed by atoms with Crippen molar-refractivity contribution in [2.75, 3.05) is 59.3 Å². The quantitative estimate of drug-likeness (QED) is 0.489. The molecule has 7 heteroatoms. The maximum Gasteiger partial charge on any atom is 0.238 e. The number of ether oxygens (including phenoxy) is 1. The summed E-state index contributed by atoms with van der Waals surface area (Å²) < 4.78 is 5.45. The van der Waals surface area contributed by atoms with Gasteiger partial charge >= 0.3 is 0 Å². The van der Waals surface area contributed by atoms with Crippen LogP contribution in [0, 0.1) is 5.92 Å². The summed E-state index contributed by atoms with van der Waals surface area (Å²) in [5.41, 5.74) is 1.88. The van der Waals surface area contributed by atoms with Crippen molar-refractivity contribution >= 4 is 17.6 Å². The second-order valence-electron chi connectivity index (χ2n) is 7.92. The third kappa shape index (κ3) is 8.83. The number of nitrogens with zero attached hydrogens (tertiary/aromatic N) is 3. The first-order chi connectivity index (χ1) is 14.0. The van der Waals surface area contributed by atoms with Crippen LogP contribution in [-0.2, 0) is 16.1 Å². The molecular weight excluding hydrogens is 366 g/mol. The molecule has 1 aromatic rings. The number of anilines is 1. The van der Waals surface area contributed by atoms with Gasteiger partial charge in [-0.3, -0.25) is 4.79 Å². The molecule has 1 aliphatic heterocycles. The summed E-state index contributed by atoms with van der Waals surface area (Å²) in [7, 11) is 5.86. The van der Waals surface area contributed by atoms with Gasteiger partial charge in [-0.15, -0.1) is 0 Å². The second-order valence-corrected chi connectivity index (χ2v) is 7.92. The van der Waals surface area contributed by atoms with Gasteiger partial charge in [0.1, 0.15) is 0 Å². The molecular formula is C22H37N5O2. The molecule has 1 aliphatic rings. The number of carbonyl (C=O) groups is 1. The van der Waals surface area contributed by atoms with Crippen LogP contribution in [0.3, 0.4) is 0 Å². The Hall–Kier alpha value is -2.12. The summed E-state index contributed by atoms with van der Waals surface area (Å²) >= 11 is 0. The van der Waals surface area contributed by atoms with Gasteiger partial charge in [-0.25, -0.2) is 4.99 Å². The zero-order chi connectivity index (χ0) is 21.1. The summed E-state index contributed by atoms with van der Waals surface area (Å²) in [5.74, 6) is 1.65. The lowest BCUT2D eigenvalue weighted by atomic mass is 9.96. The van der Waals surface area contributed by atoms with E-state index in [1.165, 1.54) is 0 Å². The molecule has 162 valence electrons. The van der Waals surface area contributed by atoms with Crippen molar-refractivity contribution in [2.45, 2.75) is 32.7 Å². The van der Waals surface area contributed by atoms with E-state index in [-0.39, 0.29) is 5.91 Å². The minimum Gasteiger partial charge on any atom is -0.381 e. The maximum atomic E-state index is 12.0. The molecule has 1 aromatic carbocycles. The maximum absolute atomic E-state index is 12.0. The molecule has 0 bridgehead atoms. The number of benzene rings is 1. The summed E-state index contributed by atoms with van der Waals surface area (Å²) in [6.45, 7) is 6.63. The van der Waals surface area contributed by atoms with Crippen LogP contribution in [0.15, 0.2) is 29.3 Å². The molecule has 1 heterocycles. The fraction of sp³-hybridized carbons (Fsp3) is 0.636. The third-order valence-corrected chi connectivity index (χ3v) is 4.99. The highest BCUT2D eigenvalue weighted by atomic mass is 16.5. The minimum atomic E-state index is -0.0168. The molecule has 0 aromatic heterocycles. The molecule has 2 N–H and O–H groups in total. The smallest absolute Gasteiger partial charge is 0.238 e. The van der Waals surface area contributed by atoms with Crippen LogP contribution in [-0.4, -0.2) is 75.7 Å². The molecule has 0 spiro atoms. The predicted molar refractivity (Wildman–Crippen MR) is 119 cm³/mol. The molecule has 0 unspecified atom stereocenters. The fourth-order valence-electron chi connectivity index (χ4n) is 3.39. The van der Waals surface area contributed by atoms with E-state index in [1.807, 2.05) is 43.3 Å². The van der Waals surface area contributed by atoms with Crippen LogP contribution in [0.4, 0.5) is 5.69 Å². The van der Waals surface area contributed by atoms with Crippen molar-refractivity contribution in [1.29, 1.82) is 0 Å². The van der Waals surface area contributed by atoms with Gasteiger partial charge in [0.05, 0.1) is 13.1 Å². The Morgan fingerprint density at radius 1 is 1.24 bits per heavy atom. The number of nitrogens with one attached hydrogen (secondary N) is 2. The van der Waals surface area contributed by atoms with Crippen molar-refractivity contribution in [3.05, 3.63) is 29.8 Å². The van der Waals surface area contributed by atoms with Gasteiger partial charge in [-0.05, 0) is 63.9 Å². The first kappa shape index (κ1) is 23.2. The van der Waals surface area contributed by atoms with Crippen LogP contribution in [0.2, 0.25) is 0 Å². The third-order valence-electron chi connectivity index (χ3n) is 4.99. The molecule has 0 radical (unpaired) electrons. The molecule has 1 saturated heterocycles. The highest BCUT2D eigenvalue weighted by Crippen LogP contribution is 2.18. The van der Waals surface area contributed by atoms with E-state index in [0.717, 1.165) is 68.7 Å². The topological polar surface area (TPSA) is 69.2 Å². The molecule has 7 nitrogen and oxygen atoms in total. The average Bonchev–Trinajstić information content (AvgIpc) is 2.69. The lowest BCUT2D eigenvalue weighted by Gasteiger charge is -2.26. The minimum absolute atomic E-state index is 0.0168. The summed E-state index contributed by atoms with van der Waals surface area (Å²) in [6, 6.07) is 7.89. The van der Waals surface area contributed by atoms with Gasteiger partial charge < -0.3 is 25.2 Å². The average molecular weight is 404 g/mol. The number of aliphatic imine (C=N–C) groups is 1. The van der Waals surface area contributed by atoms with E-state index in [1.54, 1.807) is 0 Å². The van der Waals surface area contributed by atoms with Crippen LogP contribution < -0.4 is 10.6 Å². The van der Waals surface area contributed by atoms with Gasteiger partial charge in [0.2, 0.25) is 5.91 Å². The number of guanidine groups is 1. The molecule has 1 amide bonds. The number of likely N-dealkylation sites (N-methyl/N-ethyl adjacent to an activating group) is 1. The lowest BCUT2D eigenvalue weighted by Crippen LogP contribution is -2.40. The first-order valence-electron chi connectivity index (χ1n) is 10.6. The van der Waals surface area contributed by atoms with E-state index in [9.17, 15) is 4.79 Å². The number of hydrogen-bond donors (Lipinski definition) is 2. The fourth-order valence-corrected chi connectivity index (χ4v) is 3.39. The highest BCUT2D eigenvalue weighted by molar-refractivity contribution is 5.92. The Kier molecular flexibility index (Phi) is 9.94. The van der Waals surface area contributed by atoms with Crippen molar-refractivity contribution in [1.82, 2.24) is 15.1 Å². The Morgan fingerprint density at radius 3 is 2.69 bits per heavy atom. The van der Waals surface area contributed by atoms with Crippen molar-refractivity contribution in [2.24, 2.45) is 10.9 Å². The van der Waals surface area contributed by atoms with Crippen molar-refractivity contribution in [3.8, 4) is 0 Å². The van der Waals surface area contributed by atoms with Gasteiger partial charge in [-0.1, -0.05) is 12.1 Å². The van der Waals surface area contributed by atoms with E-state index >= 15 is 0 Å². The van der Waals surface area contributed by atoms with E-state index in [0.29, 0.717) is 13.1 Å². The Labute approximate surface area is 175 Å². The van der Waals surface area contributed by atoms with Gasteiger partial charge in [-0.2, -0.15) is 0 Å². The van der Waals surface area contributed by atoms with E-state index in [2.05, 4.69) is 29.5 Å². The standard InChI is InChI=1S/C22H37N5O2/c1-5-23-22(27(4)12-9-18-10-13-29-14-11-18)24-16-19-7-6-8-20(15-19)25-21(28)17-26(2)3/h6-8,15,18H,5,9-14,16-17H2,1-4H3,(H,23,24)(H,25,28). The number of rotatable bonds is 9. The number of hydrogen-bond acceptors (Lipinski definition) is 4. The summed E-state index contributed by atoms with van der Waals surface area (Å²) in [5, 5.41) is 6.33. The Balaban J connectivity index is 1.92. The largest absolute Gasteiger partial charge is 0.381 e. The number of amides is 1. The molecule has 29 heavy (non-hydrogen) atoms. The van der Waals surface area contributed by atoms with Gasteiger partial charge in [0.15, 0.2) is 5.96 Å². The molecule has 0 saturated carbocycles. The first-order valence-corrected chi connectivity index (χ1v) is 10.6. The summed E-state index contributed by atoms with van der Waals surface area (Å²) in [4.78, 5) is 20.8. The van der Waals surface area contributed by atoms with Crippen molar-refractivity contribution < 1.29 is 9.53 Å². The van der Waals surface area contributed by atoms with Crippen LogP contribution in [0.25, 0.3) is 0 Å². The Morgan fingerprint density at radius 2 is 2.00 bits per heavy atom. The highest BCUT2D eigenvalue weighted by Gasteiger charge is 2.15. The zero-order valence-corrected chi connectivity index (χ0v) is 18.4. The molecule has 1 fully saturated rings. The molecule has 0 atom stereocenters. The van der Waals surface area contributed by atoms with E-state index < -0.39 is 0 Å². The van der Waals surface area contributed by atoms with Crippen LogP contribution in [0.5, 0.6) is 0 Å². The monoisotopic (exact) mass is 403 g/mol. The van der Waals surface area contributed by atoms with E-state index in [4.69, 9.17) is 9.73 Å². The Bertz CT molecular complexity index is 656. The normalized spacial score (nSPS) is 15.4. The summed E-state index contributed by atoms with van der Waals surface area (Å²) in [6.07, 6.45) is 3.49. The van der Waals surface area contributed by atoms with Crippen molar-refractivity contribution in [3.63, 3.8) is 0 Å². The van der Waals surface area contributed by atoms with Gasteiger partial charge in [0.25, 0.3) is 0 Å². The van der Waals surface area contributed by atoms with Crippen LogP contribution in [0.1, 0.15) is 31.7 Å². The SMILES string of the molecule is CCNC(=NCc1cccc(NC(=O)CN(C)C)c1)N(C)CCC1CCOCC1. The molecule has 2 rings (SSSR count). The zero-order valence-electron chi connectivity index (χ0n) is 18.4. The van der Waals surface area contributed by atoms with Gasteiger partial charge in [0, 0.05) is 39.0 Å². The molecule has 0 aliphatic carbocycles. The second kappa shape index (κ2) is 12.4. The predicted octanol–water partition coefficient (Wildman–Crippen LogP) is 2.40.